The van der Waals surface area contributed by atoms with Crippen LogP contribution in [0.25, 0.3) is 22.9 Å². The molecule has 0 atom stereocenters. The maximum Gasteiger partial charge on any atom is 0.258 e. The first-order valence-electron chi connectivity index (χ1n) is 10.5. The summed E-state index contributed by atoms with van der Waals surface area (Å²) in [5, 5.41) is 39.2. The Hall–Kier alpha value is -4.83. The second-order valence-corrected chi connectivity index (χ2v) is 7.72. The first-order valence-corrected chi connectivity index (χ1v) is 10.5. The molecule has 0 amide bonds. The van der Waals surface area contributed by atoms with Crippen molar-refractivity contribution < 1.29 is 15.3 Å². The van der Waals surface area contributed by atoms with Gasteiger partial charge in [0.2, 0.25) is 5.88 Å². The van der Waals surface area contributed by atoms with Crippen molar-refractivity contribution in [3.05, 3.63) is 98.8 Å². The lowest BCUT2D eigenvalue weighted by Gasteiger charge is -2.06. The average Bonchev–Trinajstić information content (AvgIpc) is 2.83. The maximum absolute atomic E-state index is 12.3. The molecule has 0 aliphatic rings. The second-order valence-electron chi connectivity index (χ2n) is 7.72. The van der Waals surface area contributed by atoms with Crippen molar-refractivity contribution in [3.63, 3.8) is 0 Å². The van der Waals surface area contributed by atoms with Gasteiger partial charge in [0.15, 0.2) is 11.5 Å². The molecule has 34 heavy (non-hydrogen) atoms. The molecule has 7 heteroatoms. The number of aromatic hydroxyl groups is 3. The minimum absolute atomic E-state index is 0.204. The SMILES string of the molecule is N#CCc1ccc(/C=C/c2ccc3c(=O)[nH]c(O)c(C=NCc4ccc(O)c(O)c4)c3c2)cc1. The molecule has 4 N–H and O–H groups in total. The lowest BCUT2D eigenvalue weighted by molar-refractivity contribution is 0.403. The predicted octanol–water partition coefficient (Wildman–Crippen LogP) is 4.50. The van der Waals surface area contributed by atoms with Gasteiger partial charge < -0.3 is 15.3 Å². The molecular weight excluding hydrogens is 430 g/mol. The predicted molar refractivity (Wildman–Crippen MR) is 132 cm³/mol. The van der Waals surface area contributed by atoms with Crippen molar-refractivity contribution in [2.45, 2.75) is 13.0 Å². The van der Waals surface area contributed by atoms with E-state index < -0.39 is 5.56 Å². The Bertz CT molecular complexity index is 1510. The summed E-state index contributed by atoms with van der Waals surface area (Å²) >= 11 is 0. The van der Waals surface area contributed by atoms with Crippen molar-refractivity contribution in [3.8, 4) is 23.4 Å². The van der Waals surface area contributed by atoms with E-state index in [2.05, 4.69) is 16.0 Å². The van der Waals surface area contributed by atoms with E-state index in [0.717, 1.165) is 16.7 Å². The number of aliphatic imine (C=N–C) groups is 1. The van der Waals surface area contributed by atoms with Crippen LogP contribution in [0, 0.1) is 11.3 Å². The van der Waals surface area contributed by atoms with Crippen molar-refractivity contribution in [1.82, 2.24) is 4.98 Å². The second kappa shape index (κ2) is 9.76. The van der Waals surface area contributed by atoms with Crippen LogP contribution >= 0.6 is 0 Å². The number of rotatable bonds is 6. The Morgan fingerprint density at radius 2 is 1.56 bits per heavy atom. The fourth-order valence-electron chi connectivity index (χ4n) is 3.53. The van der Waals surface area contributed by atoms with Crippen LogP contribution in [0.5, 0.6) is 17.4 Å². The van der Waals surface area contributed by atoms with E-state index in [0.29, 0.717) is 28.3 Å². The van der Waals surface area contributed by atoms with Gasteiger partial charge in [-0.15, -0.1) is 0 Å². The third-order valence-corrected chi connectivity index (χ3v) is 5.33. The molecule has 1 heterocycles. The summed E-state index contributed by atoms with van der Waals surface area (Å²) in [4.78, 5) is 19.1. The Morgan fingerprint density at radius 1 is 0.853 bits per heavy atom. The van der Waals surface area contributed by atoms with E-state index in [4.69, 9.17) is 5.26 Å². The lowest BCUT2D eigenvalue weighted by atomic mass is 10.0. The van der Waals surface area contributed by atoms with Crippen LogP contribution in [0.1, 0.15) is 27.8 Å². The summed E-state index contributed by atoms with van der Waals surface area (Å²) in [6.07, 6.45) is 5.66. The summed E-state index contributed by atoms with van der Waals surface area (Å²) in [5.41, 5.74) is 3.38. The van der Waals surface area contributed by atoms with E-state index in [1.54, 1.807) is 18.2 Å². The number of nitriles is 1. The van der Waals surface area contributed by atoms with Gasteiger partial charge in [0.1, 0.15) is 0 Å². The first-order chi connectivity index (χ1) is 16.4. The zero-order chi connectivity index (χ0) is 24.1. The maximum atomic E-state index is 12.3. The van der Waals surface area contributed by atoms with Crippen LogP contribution in [0.4, 0.5) is 0 Å². The highest BCUT2D eigenvalue weighted by molar-refractivity contribution is 6.02. The van der Waals surface area contributed by atoms with Gasteiger partial charge in [0.05, 0.1) is 24.6 Å². The number of nitrogens with zero attached hydrogens (tertiary/aromatic N) is 2. The number of benzene rings is 3. The van der Waals surface area contributed by atoms with Gasteiger partial charge in [-0.1, -0.05) is 48.6 Å². The number of phenolic OH excluding ortho intramolecular Hbond substituents is 2. The van der Waals surface area contributed by atoms with Gasteiger partial charge >= 0.3 is 0 Å². The van der Waals surface area contributed by atoms with Crippen molar-refractivity contribution in [2.75, 3.05) is 0 Å². The monoisotopic (exact) mass is 451 g/mol. The molecule has 0 saturated carbocycles. The minimum Gasteiger partial charge on any atom is -0.504 e. The van der Waals surface area contributed by atoms with Crippen molar-refractivity contribution in [2.24, 2.45) is 4.99 Å². The van der Waals surface area contributed by atoms with Gasteiger partial charge in [-0.25, -0.2) is 0 Å². The Morgan fingerprint density at radius 3 is 2.29 bits per heavy atom. The first kappa shape index (κ1) is 22.4. The molecule has 0 bridgehead atoms. The zero-order valence-corrected chi connectivity index (χ0v) is 18.1. The van der Waals surface area contributed by atoms with Crippen LogP contribution in [-0.2, 0) is 13.0 Å². The van der Waals surface area contributed by atoms with Gasteiger partial charge in [-0.05, 0) is 46.5 Å². The summed E-state index contributed by atoms with van der Waals surface area (Å²) in [6.45, 7) is 0.204. The van der Waals surface area contributed by atoms with Crippen LogP contribution in [-0.4, -0.2) is 26.5 Å². The Labute approximate surface area is 195 Å². The summed E-state index contributed by atoms with van der Waals surface area (Å²) in [6, 6.07) is 19.5. The van der Waals surface area contributed by atoms with E-state index in [1.165, 1.54) is 18.3 Å². The van der Waals surface area contributed by atoms with E-state index in [-0.39, 0.29) is 23.9 Å². The summed E-state index contributed by atoms with van der Waals surface area (Å²) in [7, 11) is 0. The van der Waals surface area contributed by atoms with Crippen LogP contribution in [0.3, 0.4) is 0 Å². The average molecular weight is 451 g/mol. The Kier molecular flexibility index (Phi) is 6.42. The largest absolute Gasteiger partial charge is 0.504 e. The number of hydrogen-bond donors (Lipinski definition) is 4. The number of aromatic amines is 1. The summed E-state index contributed by atoms with van der Waals surface area (Å²) in [5.74, 6) is -0.735. The number of phenols is 2. The molecule has 168 valence electrons. The smallest absolute Gasteiger partial charge is 0.258 e. The molecule has 0 saturated heterocycles. The molecule has 0 aliphatic carbocycles. The van der Waals surface area contributed by atoms with Crippen LogP contribution < -0.4 is 5.56 Å². The standard InChI is InChI=1S/C27H21N3O4/c28-12-11-18-3-1-17(2-4-18)5-6-19-7-9-21-22(13-19)23(27(34)30-26(21)33)16-29-15-20-8-10-24(31)25(32)14-20/h1-10,13-14,16,31-32H,11,15H2,(H2,30,33,34)/b6-5+,29-16?. The number of fused-ring (bicyclic) bond motifs is 1. The highest BCUT2D eigenvalue weighted by Gasteiger charge is 2.10. The van der Waals surface area contributed by atoms with E-state index in [1.807, 2.05) is 42.5 Å². The Balaban J connectivity index is 1.64. The zero-order valence-electron chi connectivity index (χ0n) is 18.1. The molecule has 0 radical (unpaired) electrons. The number of aromatic nitrogens is 1. The number of nitrogens with one attached hydrogen (secondary N) is 1. The fourth-order valence-corrected chi connectivity index (χ4v) is 3.53. The minimum atomic E-state index is -0.406. The molecule has 0 aliphatic heterocycles. The van der Waals surface area contributed by atoms with Gasteiger partial charge in [0.25, 0.3) is 5.56 Å². The molecule has 0 fully saturated rings. The normalized spacial score (nSPS) is 11.4. The third kappa shape index (κ3) is 4.97. The van der Waals surface area contributed by atoms with Gasteiger partial charge in [-0.3, -0.25) is 14.8 Å². The van der Waals surface area contributed by atoms with Gasteiger partial charge in [-0.2, -0.15) is 5.26 Å². The van der Waals surface area contributed by atoms with Crippen LogP contribution in [0.2, 0.25) is 0 Å². The van der Waals surface area contributed by atoms with Crippen LogP contribution in [0.15, 0.2) is 70.5 Å². The fraction of sp³-hybridized carbons (Fsp3) is 0.0741. The molecule has 1 aromatic heterocycles. The molecule has 0 spiro atoms. The lowest BCUT2D eigenvalue weighted by Crippen LogP contribution is -2.08. The topological polar surface area (TPSA) is 130 Å². The summed E-state index contributed by atoms with van der Waals surface area (Å²) < 4.78 is 0. The number of hydrogen-bond acceptors (Lipinski definition) is 6. The third-order valence-electron chi connectivity index (χ3n) is 5.33. The van der Waals surface area contributed by atoms with E-state index >= 15 is 0 Å². The molecular formula is C27H21N3O4. The molecule has 3 aromatic carbocycles. The quantitative estimate of drug-likeness (QED) is 0.195. The molecule has 4 aromatic rings. The van der Waals surface area contributed by atoms with Gasteiger partial charge in [0, 0.05) is 17.0 Å². The van der Waals surface area contributed by atoms with Crippen molar-refractivity contribution >= 4 is 29.1 Å². The number of pyridine rings is 1. The molecule has 4 rings (SSSR count). The number of H-pyrrole nitrogens is 1. The van der Waals surface area contributed by atoms with E-state index in [9.17, 15) is 20.1 Å². The highest BCUT2D eigenvalue weighted by atomic mass is 16.3. The molecule has 7 nitrogen and oxygen atoms in total. The molecule has 0 unspecified atom stereocenters. The van der Waals surface area contributed by atoms with Crippen molar-refractivity contribution in [1.29, 1.82) is 5.26 Å². The highest BCUT2D eigenvalue weighted by Crippen LogP contribution is 2.26.